The molecule has 2 aromatic carbocycles. The summed E-state index contributed by atoms with van der Waals surface area (Å²) in [5, 5.41) is 15.5. The highest BCUT2D eigenvalue weighted by Crippen LogP contribution is 2.34. The first-order chi connectivity index (χ1) is 13.1. The number of aromatic nitrogens is 2. The highest BCUT2D eigenvalue weighted by Gasteiger charge is 2.10. The van der Waals surface area contributed by atoms with Gasteiger partial charge in [-0.1, -0.05) is 12.1 Å². The molecule has 0 aliphatic rings. The summed E-state index contributed by atoms with van der Waals surface area (Å²) < 4.78 is 5.36. The molecule has 0 aliphatic heterocycles. The molecule has 0 unspecified atom stereocenters. The summed E-state index contributed by atoms with van der Waals surface area (Å²) in [6.45, 7) is 2.05. The third-order valence-electron chi connectivity index (χ3n) is 4.00. The van der Waals surface area contributed by atoms with Crippen molar-refractivity contribution in [2.75, 3.05) is 30.1 Å². The highest BCUT2D eigenvalue weighted by molar-refractivity contribution is 7.97. The fourth-order valence-electron chi connectivity index (χ4n) is 2.62. The van der Waals surface area contributed by atoms with Gasteiger partial charge in [0.25, 0.3) is 0 Å². The van der Waals surface area contributed by atoms with E-state index in [-0.39, 0.29) is 0 Å². The van der Waals surface area contributed by atoms with Crippen LogP contribution in [0.3, 0.4) is 0 Å². The maximum Gasteiger partial charge on any atom is 0.229 e. The summed E-state index contributed by atoms with van der Waals surface area (Å²) >= 11 is 1.12. The predicted molar refractivity (Wildman–Crippen MR) is 112 cm³/mol. The van der Waals surface area contributed by atoms with Crippen molar-refractivity contribution in [3.63, 3.8) is 0 Å². The maximum absolute atomic E-state index is 5.80. The number of nitrogens with one attached hydrogen (secondary N) is 3. The lowest BCUT2D eigenvalue weighted by Gasteiger charge is -2.14. The summed E-state index contributed by atoms with van der Waals surface area (Å²) in [6, 6.07) is 13.5. The largest absolute Gasteiger partial charge is 0.495 e. The molecule has 0 atom stereocenters. The molecule has 0 bridgehead atoms. The van der Waals surface area contributed by atoms with Crippen LogP contribution < -0.4 is 25.8 Å². The van der Waals surface area contributed by atoms with E-state index in [1.807, 2.05) is 43.4 Å². The van der Waals surface area contributed by atoms with Crippen molar-refractivity contribution in [2.45, 2.75) is 11.8 Å². The second-order valence-corrected chi connectivity index (χ2v) is 6.39. The number of aryl methyl sites for hydroxylation is 1. The summed E-state index contributed by atoms with van der Waals surface area (Å²) in [4.78, 5) is 9.63. The van der Waals surface area contributed by atoms with Crippen LogP contribution in [0.5, 0.6) is 5.75 Å². The van der Waals surface area contributed by atoms with Gasteiger partial charge in [0, 0.05) is 24.6 Å². The molecule has 0 amide bonds. The molecule has 1 aromatic heterocycles. The van der Waals surface area contributed by atoms with Crippen LogP contribution in [0.4, 0.5) is 28.8 Å². The number of benzene rings is 2. The zero-order valence-electron chi connectivity index (χ0n) is 15.4. The molecular formula is C19H22N6OS. The van der Waals surface area contributed by atoms with Crippen LogP contribution in [0.25, 0.3) is 0 Å². The quantitative estimate of drug-likeness (QED) is 0.449. The van der Waals surface area contributed by atoms with E-state index in [0.717, 1.165) is 33.9 Å². The molecule has 0 aliphatic carbocycles. The molecule has 1 heterocycles. The fourth-order valence-corrected chi connectivity index (χ4v) is 3.13. The number of anilines is 5. The molecule has 8 heteroatoms. The molecule has 0 saturated heterocycles. The Morgan fingerprint density at radius 3 is 2.67 bits per heavy atom. The minimum atomic E-state index is 0.496. The Bertz CT molecular complexity index is 934. The third kappa shape index (κ3) is 4.42. The van der Waals surface area contributed by atoms with Gasteiger partial charge < -0.3 is 20.7 Å². The van der Waals surface area contributed by atoms with Crippen LogP contribution in [0, 0.1) is 6.92 Å². The van der Waals surface area contributed by atoms with Gasteiger partial charge in [0.05, 0.1) is 17.7 Å². The van der Waals surface area contributed by atoms with Gasteiger partial charge in [-0.25, -0.2) is 4.98 Å². The van der Waals surface area contributed by atoms with Crippen molar-refractivity contribution in [2.24, 2.45) is 5.14 Å². The average molecular weight is 382 g/mol. The van der Waals surface area contributed by atoms with Gasteiger partial charge in [0.1, 0.15) is 11.6 Å². The SMILES string of the molecule is CNc1cc(Nc2nccc(Nc3cccc(OC)c3SN)n2)ccc1C. The lowest BCUT2D eigenvalue weighted by Crippen LogP contribution is -2.02. The lowest BCUT2D eigenvalue weighted by atomic mass is 10.2. The van der Waals surface area contributed by atoms with E-state index >= 15 is 0 Å². The molecule has 0 radical (unpaired) electrons. The summed E-state index contributed by atoms with van der Waals surface area (Å²) in [5.41, 5.74) is 3.94. The first-order valence-electron chi connectivity index (χ1n) is 8.34. The van der Waals surface area contributed by atoms with Crippen molar-refractivity contribution >= 4 is 40.8 Å². The zero-order valence-corrected chi connectivity index (χ0v) is 16.2. The summed E-state index contributed by atoms with van der Waals surface area (Å²) in [7, 11) is 3.51. The molecule has 27 heavy (non-hydrogen) atoms. The molecule has 0 spiro atoms. The Balaban J connectivity index is 1.82. The molecule has 140 valence electrons. The number of rotatable bonds is 7. The van der Waals surface area contributed by atoms with E-state index in [1.165, 1.54) is 5.56 Å². The number of nitrogens with zero attached hydrogens (tertiary/aromatic N) is 2. The van der Waals surface area contributed by atoms with E-state index in [2.05, 4.69) is 32.8 Å². The minimum Gasteiger partial charge on any atom is -0.495 e. The predicted octanol–water partition coefficient (Wildman–Crippen LogP) is 4.29. The number of hydrogen-bond donors (Lipinski definition) is 4. The van der Waals surface area contributed by atoms with E-state index in [4.69, 9.17) is 9.88 Å². The van der Waals surface area contributed by atoms with E-state index in [0.29, 0.717) is 17.5 Å². The zero-order chi connectivity index (χ0) is 19.2. The Morgan fingerprint density at radius 2 is 1.93 bits per heavy atom. The van der Waals surface area contributed by atoms with E-state index in [9.17, 15) is 0 Å². The smallest absolute Gasteiger partial charge is 0.229 e. The van der Waals surface area contributed by atoms with Crippen LogP contribution in [0.15, 0.2) is 53.6 Å². The first-order valence-corrected chi connectivity index (χ1v) is 9.21. The highest BCUT2D eigenvalue weighted by atomic mass is 32.2. The second-order valence-electron chi connectivity index (χ2n) is 5.75. The third-order valence-corrected chi connectivity index (χ3v) is 4.65. The Hall–Kier alpha value is -2.97. The van der Waals surface area contributed by atoms with E-state index in [1.54, 1.807) is 19.4 Å². The Morgan fingerprint density at radius 1 is 1.07 bits per heavy atom. The van der Waals surface area contributed by atoms with Crippen LogP contribution in [-0.4, -0.2) is 24.1 Å². The van der Waals surface area contributed by atoms with Crippen LogP contribution in [0.2, 0.25) is 0 Å². The van der Waals surface area contributed by atoms with Gasteiger partial charge in [0.2, 0.25) is 5.95 Å². The molecule has 5 N–H and O–H groups in total. The monoisotopic (exact) mass is 382 g/mol. The van der Waals surface area contributed by atoms with Crippen molar-refractivity contribution in [3.8, 4) is 5.75 Å². The van der Waals surface area contributed by atoms with Crippen LogP contribution in [0.1, 0.15) is 5.56 Å². The second kappa shape index (κ2) is 8.61. The van der Waals surface area contributed by atoms with Gasteiger partial charge in [0.15, 0.2) is 0 Å². The normalized spacial score (nSPS) is 10.4. The Kier molecular flexibility index (Phi) is 6.00. The lowest BCUT2D eigenvalue weighted by molar-refractivity contribution is 0.405. The molecular weight excluding hydrogens is 360 g/mol. The standard InChI is InChI=1S/C19H22N6OS/c1-12-7-8-13(11-15(12)21-2)23-19-22-10-9-17(25-19)24-14-5-4-6-16(26-3)18(14)27-20/h4-11,21H,20H2,1-3H3,(H2,22,23,24,25). The minimum absolute atomic E-state index is 0.496. The van der Waals surface area contributed by atoms with Gasteiger partial charge in [-0.15, -0.1) is 0 Å². The molecule has 3 aromatic rings. The van der Waals surface area contributed by atoms with E-state index < -0.39 is 0 Å². The number of ether oxygens (including phenoxy) is 1. The van der Waals surface area contributed by atoms with Gasteiger partial charge in [-0.2, -0.15) is 4.98 Å². The molecule has 0 fully saturated rings. The molecule has 3 rings (SSSR count). The summed E-state index contributed by atoms with van der Waals surface area (Å²) in [5.74, 6) is 1.85. The fraction of sp³-hybridized carbons (Fsp3) is 0.158. The molecule has 0 saturated carbocycles. The van der Waals surface area contributed by atoms with Crippen molar-refractivity contribution in [3.05, 3.63) is 54.2 Å². The van der Waals surface area contributed by atoms with Gasteiger partial charge >= 0.3 is 0 Å². The number of methoxy groups -OCH3 is 1. The topological polar surface area (TPSA) is 97.1 Å². The average Bonchev–Trinajstić information content (AvgIpc) is 2.69. The molecule has 7 nitrogen and oxygen atoms in total. The summed E-state index contributed by atoms with van der Waals surface area (Å²) in [6.07, 6.45) is 1.69. The number of hydrogen-bond acceptors (Lipinski definition) is 8. The van der Waals surface area contributed by atoms with Crippen molar-refractivity contribution in [1.29, 1.82) is 0 Å². The van der Waals surface area contributed by atoms with Crippen LogP contribution in [-0.2, 0) is 0 Å². The Labute approximate surface area is 162 Å². The number of nitrogens with two attached hydrogens (primary N) is 1. The van der Waals surface area contributed by atoms with Crippen molar-refractivity contribution in [1.82, 2.24) is 9.97 Å². The van der Waals surface area contributed by atoms with Gasteiger partial charge in [-0.05, 0) is 54.8 Å². The maximum atomic E-state index is 5.80. The first kappa shape index (κ1) is 18.8. The van der Waals surface area contributed by atoms with Gasteiger partial charge in [-0.3, -0.25) is 5.14 Å². The van der Waals surface area contributed by atoms with Crippen molar-refractivity contribution < 1.29 is 4.74 Å². The van der Waals surface area contributed by atoms with Crippen LogP contribution >= 0.6 is 11.9 Å².